The average Bonchev–Trinajstić information content (AvgIpc) is 2.79. The Morgan fingerprint density at radius 2 is 2.26 bits per heavy atom. The molecule has 1 aliphatic rings. The lowest BCUT2D eigenvalue weighted by Crippen LogP contribution is -2.44. The van der Waals surface area contributed by atoms with Crippen molar-refractivity contribution in [3.8, 4) is 0 Å². The summed E-state index contributed by atoms with van der Waals surface area (Å²) >= 11 is 3.21. The number of nitrogens with one attached hydrogen (secondary N) is 1. The molecule has 1 rings (SSSR count). The molecule has 0 aliphatic carbocycles. The molecule has 10 heteroatoms. The van der Waals surface area contributed by atoms with Crippen molar-refractivity contribution < 1.29 is 13.2 Å². The Labute approximate surface area is 129 Å². The predicted molar refractivity (Wildman–Crippen MR) is 84.4 cm³/mol. The van der Waals surface area contributed by atoms with Crippen LogP contribution < -0.4 is 10.5 Å². The molecule has 1 amide bonds. The van der Waals surface area contributed by atoms with E-state index in [4.69, 9.17) is 5.73 Å². The van der Waals surface area contributed by atoms with Crippen LogP contribution in [0, 0.1) is 0 Å². The zero-order valence-corrected chi connectivity index (χ0v) is 14.0. The fraction of sp³-hybridized carbons (Fsp3) is 0.889. The number of carbonyl (C=O) groups excluding carboxylic acids is 1. The van der Waals surface area contributed by atoms with E-state index < -0.39 is 16.1 Å². The van der Waals surface area contributed by atoms with Gasteiger partial charge >= 0.3 is 0 Å². The first-order valence-electron chi connectivity index (χ1n) is 5.54. The van der Waals surface area contributed by atoms with Gasteiger partial charge in [0.05, 0.1) is 18.2 Å². The predicted octanol–water partition coefficient (Wildman–Crippen LogP) is -0.449. The Kier molecular flexibility index (Phi) is 9.46. The summed E-state index contributed by atoms with van der Waals surface area (Å²) in [5, 5.41) is 0. The van der Waals surface area contributed by atoms with Crippen LogP contribution in [0.1, 0.15) is 0 Å². The highest BCUT2D eigenvalue weighted by molar-refractivity contribution is 7.99. The van der Waals surface area contributed by atoms with Gasteiger partial charge < -0.3 is 10.6 Å². The molecule has 3 N–H and O–H groups in total. The molecule has 1 atom stereocenters. The van der Waals surface area contributed by atoms with Gasteiger partial charge in [-0.25, -0.2) is 13.1 Å². The van der Waals surface area contributed by atoms with E-state index in [-0.39, 0.29) is 18.3 Å². The van der Waals surface area contributed by atoms with Crippen LogP contribution >= 0.6 is 35.9 Å². The van der Waals surface area contributed by atoms with Crippen molar-refractivity contribution in [3.63, 3.8) is 0 Å². The van der Waals surface area contributed by atoms with Crippen molar-refractivity contribution in [2.24, 2.45) is 5.73 Å². The van der Waals surface area contributed by atoms with Crippen molar-refractivity contribution in [3.05, 3.63) is 0 Å². The van der Waals surface area contributed by atoms with E-state index in [1.807, 2.05) is 0 Å². The van der Waals surface area contributed by atoms with Crippen LogP contribution in [0.3, 0.4) is 0 Å². The average molecular weight is 350 g/mol. The summed E-state index contributed by atoms with van der Waals surface area (Å²) in [4.78, 5) is 13.6. The van der Waals surface area contributed by atoms with Crippen LogP contribution in [0.25, 0.3) is 0 Å². The minimum atomic E-state index is -3.13. The summed E-state index contributed by atoms with van der Waals surface area (Å²) in [6.45, 7) is 1.14. The molecule has 6 nitrogen and oxygen atoms in total. The minimum Gasteiger partial charge on any atom is -0.331 e. The summed E-state index contributed by atoms with van der Waals surface area (Å²) < 4.78 is 24.0. The van der Waals surface area contributed by atoms with Crippen molar-refractivity contribution >= 4 is 51.9 Å². The fourth-order valence-electron chi connectivity index (χ4n) is 1.40. The third kappa shape index (κ3) is 8.26. The van der Waals surface area contributed by atoms with Gasteiger partial charge in [-0.15, -0.1) is 24.2 Å². The topological polar surface area (TPSA) is 92.5 Å². The first-order valence-corrected chi connectivity index (χ1v) is 9.75. The van der Waals surface area contributed by atoms with Crippen LogP contribution in [0.5, 0.6) is 0 Å². The van der Waals surface area contributed by atoms with E-state index >= 15 is 0 Å². The summed E-state index contributed by atoms with van der Waals surface area (Å²) in [5.74, 6) is 2.83. The second kappa shape index (κ2) is 9.30. The third-order valence-electron chi connectivity index (χ3n) is 2.29. The molecular formula is C9H20ClN3O3S3. The van der Waals surface area contributed by atoms with Gasteiger partial charge in [0, 0.05) is 30.3 Å². The number of hydrogen-bond donors (Lipinski definition) is 2. The van der Waals surface area contributed by atoms with E-state index in [1.54, 1.807) is 16.7 Å². The summed E-state index contributed by atoms with van der Waals surface area (Å²) in [5.41, 5.74) is 5.81. The molecule has 114 valence electrons. The van der Waals surface area contributed by atoms with Crippen molar-refractivity contribution in [2.75, 3.05) is 42.5 Å². The van der Waals surface area contributed by atoms with Crippen LogP contribution in [-0.2, 0) is 14.8 Å². The molecule has 1 heterocycles. The maximum atomic E-state index is 11.8. The normalized spacial score (nSPS) is 17.1. The molecule has 0 radical (unpaired) electrons. The standard InChI is InChI=1S/C9H19N3O3S3.ClH/c1-18(14,15)11-2-4-16-6-8(10)9(13)12-3-5-17-7-12;/h8,11H,2-7,10H2,1H3;1H. The highest BCUT2D eigenvalue weighted by atomic mass is 35.5. The molecule has 0 bridgehead atoms. The Hall–Kier alpha value is 0.330. The number of thioether (sulfide) groups is 2. The quantitative estimate of drug-likeness (QED) is 0.605. The van der Waals surface area contributed by atoms with Crippen LogP contribution in [-0.4, -0.2) is 67.7 Å². The molecule has 0 saturated carbocycles. The first-order chi connectivity index (χ1) is 8.40. The molecular weight excluding hydrogens is 330 g/mol. The van der Waals surface area contributed by atoms with Crippen molar-refractivity contribution in [1.82, 2.24) is 9.62 Å². The molecule has 0 aromatic carbocycles. The van der Waals surface area contributed by atoms with Crippen molar-refractivity contribution in [1.29, 1.82) is 0 Å². The smallest absolute Gasteiger partial charge is 0.241 e. The molecule has 1 fully saturated rings. The van der Waals surface area contributed by atoms with E-state index in [1.165, 1.54) is 11.8 Å². The molecule has 1 unspecified atom stereocenters. The molecule has 1 saturated heterocycles. The van der Waals surface area contributed by atoms with E-state index in [0.29, 0.717) is 18.1 Å². The maximum Gasteiger partial charge on any atom is 0.241 e. The van der Waals surface area contributed by atoms with Crippen molar-refractivity contribution in [2.45, 2.75) is 6.04 Å². The maximum absolute atomic E-state index is 11.8. The summed E-state index contributed by atoms with van der Waals surface area (Å²) in [7, 11) is -3.13. The number of halogens is 1. The SMILES string of the molecule is CS(=O)(=O)NCCSCC(N)C(=O)N1CCSC1.Cl. The third-order valence-corrected chi connectivity index (χ3v) is 5.07. The Morgan fingerprint density at radius 1 is 1.58 bits per heavy atom. The van der Waals surface area contributed by atoms with Crippen LogP contribution in [0.4, 0.5) is 0 Å². The summed E-state index contributed by atoms with van der Waals surface area (Å²) in [6.07, 6.45) is 1.12. The number of amides is 1. The molecule has 0 aromatic rings. The first kappa shape index (κ1) is 19.3. The van der Waals surface area contributed by atoms with Crippen LogP contribution in [0.15, 0.2) is 0 Å². The number of sulfonamides is 1. The lowest BCUT2D eigenvalue weighted by molar-refractivity contribution is -0.130. The van der Waals surface area contributed by atoms with Gasteiger partial charge in [-0.1, -0.05) is 0 Å². The van der Waals surface area contributed by atoms with Crippen LogP contribution in [0.2, 0.25) is 0 Å². The van der Waals surface area contributed by atoms with Gasteiger partial charge in [-0.3, -0.25) is 4.79 Å². The van der Waals surface area contributed by atoms with Gasteiger partial charge in [0.1, 0.15) is 0 Å². The van der Waals surface area contributed by atoms with Gasteiger partial charge in [-0.05, 0) is 0 Å². The number of rotatable bonds is 7. The lowest BCUT2D eigenvalue weighted by Gasteiger charge is -2.19. The highest BCUT2D eigenvalue weighted by Crippen LogP contribution is 2.14. The Morgan fingerprint density at radius 3 is 2.79 bits per heavy atom. The number of nitrogens with two attached hydrogens (primary N) is 1. The monoisotopic (exact) mass is 349 g/mol. The second-order valence-electron chi connectivity index (χ2n) is 3.99. The van der Waals surface area contributed by atoms with Gasteiger partial charge in [0.2, 0.25) is 15.9 Å². The summed E-state index contributed by atoms with van der Waals surface area (Å²) in [6, 6.07) is -0.494. The minimum absolute atomic E-state index is 0. The highest BCUT2D eigenvalue weighted by Gasteiger charge is 2.23. The number of carbonyl (C=O) groups is 1. The van der Waals surface area contributed by atoms with E-state index in [2.05, 4.69) is 4.72 Å². The largest absolute Gasteiger partial charge is 0.331 e. The Balaban J connectivity index is 0.00000324. The Bertz CT molecular complexity index is 374. The van der Waals surface area contributed by atoms with Gasteiger partial charge in [0.25, 0.3) is 0 Å². The number of nitrogens with zero attached hydrogens (tertiary/aromatic N) is 1. The molecule has 0 spiro atoms. The number of hydrogen-bond acceptors (Lipinski definition) is 6. The zero-order chi connectivity index (χ0) is 13.6. The molecule has 19 heavy (non-hydrogen) atoms. The fourth-order valence-corrected chi connectivity index (χ4v) is 3.77. The molecule has 0 aromatic heterocycles. The molecule has 1 aliphatic heterocycles. The van der Waals surface area contributed by atoms with Gasteiger partial charge in [0.15, 0.2) is 0 Å². The zero-order valence-electron chi connectivity index (χ0n) is 10.7. The van der Waals surface area contributed by atoms with Gasteiger partial charge in [-0.2, -0.15) is 11.8 Å². The second-order valence-corrected chi connectivity index (χ2v) is 8.04. The van der Waals surface area contributed by atoms with E-state index in [0.717, 1.165) is 24.4 Å². The van der Waals surface area contributed by atoms with E-state index in [9.17, 15) is 13.2 Å². The lowest BCUT2D eigenvalue weighted by atomic mass is 10.3.